The van der Waals surface area contributed by atoms with Gasteiger partial charge in [0.2, 0.25) is 0 Å². The van der Waals surface area contributed by atoms with Crippen LogP contribution >= 0.6 is 15.9 Å². The summed E-state index contributed by atoms with van der Waals surface area (Å²) in [6, 6.07) is 6.18. The Labute approximate surface area is 110 Å². The molecule has 2 aliphatic rings. The Hall–Kier alpha value is -0.410. The number of benzene rings is 1. The van der Waals surface area contributed by atoms with Gasteiger partial charge in [-0.1, -0.05) is 28.9 Å². The summed E-state index contributed by atoms with van der Waals surface area (Å²) in [4.78, 5) is 0. The number of halogens is 2. The highest BCUT2D eigenvalue weighted by atomic mass is 79.9. The van der Waals surface area contributed by atoms with Crippen LogP contribution in [0.4, 0.5) is 4.39 Å². The van der Waals surface area contributed by atoms with Crippen LogP contribution in [-0.4, -0.2) is 12.6 Å². The van der Waals surface area contributed by atoms with E-state index < -0.39 is 0 Å². The lowest BCUT2D eigenvalue weighted by atomic mass is 9.95. The molecule has 1 aromatic rings. The standard InChI is InChI=1S/C14H17BrFN/c1-14(7-9(14)8-17-11-3-4-11)12-5-2-10(15)6-13(12)16/h2,5-6,9,11,17H,3-4,7-8H2,1H3. The summed E-state index contributed by atoms with van der Waals surface area (Å²) < 4.78 is 14.7. The molecular formula is C14H17BrFN. The maximum atomic E-state index is 13.9. The van der Waals surface area contributed by atoms with Crippen molar-refractivity contribution in [2.75, 3.05) is 6.54 Å². The zero-order chi connectivity index (χ0) is 12.0. The van der Waals surface area contributed by atoms with Gasteiger partial charge in [-0.25, -0.2) is 4.39 Å². The lowest BCUT2D eigenvalue weighted by molar-refractivity contribution is 0.540. The van der Waals surface area contributed by atoms with E-state index in [0.717, 1.165) is 29.0 Å². The van der Waals surface area contributed by atoms with Gasteiger partial charge in [0.05, 0.1) is 0 Å². The van der Waals surface area contributed by atoms with Crippen molar-refractivity contribution in [1.29, 1.82) is 0 Å². The highest BCUT2D eigenvalue weighted by Crippen LogP contribution is 2.54. The minimum Gasteiger partial charge on any atom is -0.314 e. The summed E-state index contributed by atoms with van der Waals surface area (Å²) in [6.45, 7) is 3.22. The Morgan fingerprint density at radius 2 is 2.24 bits per heavy atom. The van der Waals surface area contributed by atoms with Gasteiger partial charge in [-0.3, -0.25) is 0 Å². The van der Waals surface area contributed by atoms with Crippen LogP contribution in [0.15, 0.2) is 22.7 Å². The first-order valence-corrected chi connectivity index (χ1v) is 7.08. The third kappa shape index (κ3) is 2.27. The molecule has 1 nitrogen and oxygen atoms in total. The number of hydrogen-bond donors (Lipinski definition) is 1. The molecule has 3 heteroatoms. The summed E-state index contributed by atoms with van der Waals surface area (Å²) in [7, 11) is 0. The SMILES string of the molecule is CC1(c2ccc(Br)cc2F)CC1CNC1CC1. The van der Waals surface area contributed by atoms with Crippen LogP contribution in [0.5, 0.6) is 0 Å². The highest BCUT2D eigenvalue weighted by Gasteiger charge is 2.52. The maximum absolute atomic E-state index is 13.9. The van der Waals surface area contributed by atoms with Crippen LogP contribution in [-0.2, 0) is 5.41 Å². The molecule has 0 amide bonds. The molecule has 3 rings (SSSR count). The van der Waals surface area contributed by atoms with Crippen molar-refractivity contribution in [2.45, 2.75) is 37.6 Å². The highest BCUT2D eigenvalue weighted by molar-refractivity contribution is 9.10. The summed E-state index contributed by atoms with van der Waals surface area (Å²) in [6.07, 6.45) is 3.73. The van der Waals surface area contributed by atoms with E-state index in [9.17, 15) is 4.39 Å². The smallest absolute Gasteiger partial charge is 0.128 e. The quantitative estimate of drug-likeness (QED) is 0.895. The summed E-state index contributed by atoms with van der Waals surface area (Å²) >= 11 is 3.30. The van der Waals surface area contributed by atoms with Gasteiger partial charge in [0.15, 0.2) is 0 Å². The zero-order valence-electron chi connectivity index (χ0n) is 9.97. The predicted octanol–water partition coefficient (Wildman–Crippen LogP) is 3.62. The molecule has 17 heavy (non-hydrogen) atoms. The van der Waals surface area contributed by atoms with E-state index in [1.807, 2.05) is 12.1 Å². The van der Waals surface area contributed by atoms with Gasteiger partial charge in [-0.15, -0.1) is 0 Å². The largest absolute Gasteiger partial charge is 0.314 e. The third-order valence-electron chi connectivity index (χ3n) is 4.19. The molecule has 2 aliphatic carbocycles. The summed E-state index contributed by atoms with van der Waals surface area (Å²) in [5, 5.41) is 3.54. The molecule has 0 aliphatic heterocycles. The Balaban J connectivity index is 1.70. The summed E-state index contributed by atoms with van der Waals surface area (Å²) in [5.74, 6) is 0.523. The minimum atomic E-state index is -0.0733. The molecule has 2 fully saturated rings. The maximum Gasteiger partial charge on any atom is 0.128 e. The lowest BCUT2D eigenvalue weighted by Crippen LogP contribution is -2.22. The van der Waals surface area contributed by atoms with Gasteiger partial charge in [-0.05, 0) is 54.8 Å². The Bertz CT molecular complexity index is 444. The van der Waals surface area contributed by atoms with E-state index in [4.69, 9.17) is 0 Å². The molecule has 2 saturated carbocycles. The van der Waals surface area contributed by atoms with Crippen LogP contribution in [0.1, 0.15) is 31.7 Å². The molecule has 0 saturated heterocycles. The molecular weight excluding hydrogens is 281 g/mol. The van der Waals surface area contributed by atoms with Gasteiger partial charge >= 0.3 is 0 Å². The molecule has 2 unspecified atom stereocenters. The van der Waals surface area contributed by atoms with Crippen molar-refractivity contribution in [1.82, 2.24) is 5.32 Å². The molecule has 0 spiro atoms. The average Bonchev–Trinajstić information content (AvgIpc) is 3.13. The van der Waals surface area contributed by atoms with E-state index in [-0.39, 0.29) is 11.2 Å². The number of nitrogens with one attached hydrogen (secondary N) is 1. The lowest BCUT2D eigenvalue weighted by Gasteiger charge is -2.13. The molecule has 1 aromatic carbocycles. The third-order valence-corrected chi connectivity index (χ3v) is 4.68. The average molecular weight is 298 g/mol. The van der Waals surface area contributed by atoms with E-state index >= 15 is 0 Å². The van der Waals surface area contributed by atoms with E-state index in [2.05, 4.69) is 28.2 Å². The van der Waals surface area contributed by atoms with Gasteiger partial charge < -0.3 is 5.32 Å². The predicted molar refractivity (Wildman–Crippen MR) is 70.6 cm³/mol. The molecule has 0 bridgehead atoms. The molecule has 1 N–H and O–H groups in total. The Morgan fingerprint density at radius 3 is 2.88 bits per heavy atom. The molecule has 2 atom stereocenters. The second kappa shape index (κ2) is 4.06. The van der Waals surface area contributed by atoms with Crippen LogP contribution in [0.2, 0.25) is 0 Å². The van der Waals surface area contributed by atoms with E-state index in [1.165, 1.54) is 12.8 Å². The van der Waals surface area contributed by atoms with Gasteiger partial charge in [-0.2, -0.15) is 0 Å². The first kappa shape index (κ1) is 11.7. The van der Waals surface area contributed by atoms with Crippen molar-refractivity contribution in [2.24, 2.45) is 5.92 Å². The normalized spacial score (nSPS) is 31.6. The molecule has 0 aromatic heterocycles. The van der Waals surface area contributed by atoms with Gasteiger partial charge in [0, 0.05) is 10.5 Å². The first-order valence-electron chi connectivity index (χ1n) is 6.28. The fourth-order valence-corrected chi connectivity index (χ4v) is 2.96. The number of hydrogen-bond acceptors (Lipinski definition) is 1. The van der Waals surface area contributed by atoms with Crippen molar-refractivity contribution in [3.63, 3.8) is 0 Å². The van der Waals surface area contributed by atoms with Crippen LogP contribution in [0, 0.1) is 11.7 Å². The summed E-state index contributed by atoms with van der Waals surface area (Å²) in [5.41, 5.74) is 0.926. The monoisotopic (exact) mass is 297 g/mol. The van der Waals surface area contributed by atoms with Crippen molar-refractivity contribution >= 4 is 15.9 Å². The number of rotatable bonds is 4. The Kier molecular flexibility index (Phi) is 2.79. The molecule has 0 radical (unpaired) electrons. The second-order valence-electron chi connectivity index (χ2n) is 5.63. The van der Waals surface area contributed by atoms with Crippen molar-refractivity contribution < 1.29 is 4.39 Å². The fourth-order valence-electron chi connectivity index (χ4n) is 2.63. The van der Waals surface area contributed by atoms with Gasteiger partial charge in [0.1, 0.15) is 5.82 Å². The second-order valence-corrected chi connectivity index (χ2v) is 6.54. The molecule has 92 valence electrons. The van der Waals surface area contributed by atoms with Crippen LogP contribution in [0.25, 0.3) is 0 Å². The molecule has 0 heterocycles. The van der Waals surface area contributed by atoms with E-state index in [0.29, 0.717) is 5.92 Å². The fraction of sp³-hybridized carbons (Fsp3) is 0.571. The van der Waals surface area contributed by atoms with Crippen molar-refractivity contribution in [3.05, 3.63) is 34.1 Å². The Morgan fingerprint density at radius 1 is 1.47 bits per heavy atom. The van der Waals surface area contributed by atoms with Crippen LogP contribution in [0.3, 0.4) is 0 Å². The topological polar surface area (TPSA) is 12.0 Å². The van der Waals surface area contributed by atoms with Crippen molar-refractivity contribution in [3.8, 4) is 0 Å². The van der Waals surface area contributed by atoms with Gasteiger partial charge in [0.25, 0.3) is 0 Å². The minimum absolute atomic E-state index is 0.0483. The first-order chi connectivity index (χ1) is 8.09. The van der Waals surface area contributed by atoms with E-state index in [1.54, 1.807) is 6.07 Å². The zero-order valence-corrected chi connectivity index (χ0v) is 11.6. The van der Waals surface area contributed by atoms with Crippen LogP contribution < -0.4 is 5.32 Å².